The number of para-hydroxylation sites is 2. The number of aryl methyl sites for hydroxylation is 1. The lowest BCUT2D eigenvalue weighted by Gasteiger charge is -2.35. The summed E-state index contributed by atoms with van der Waals surface area (Å²) in [6, 6.07) is 24.6. The first-order valence-corrected chi connectivity index (χ1v) is 11.6. The SMILES string of the molecule is Cc1ccnc(Nc2ccc(N3CCN(C(=O)c4ccccc4Oc4ccccc4)CC3)nn2)c1. The van der Waals surface area contributed by atoms with Crippen LogP contribution in [0, 0.1) is 6.92 Å². The summed E-state index contributed by atoms with van der Waals surface area (Å²) in [6.07, 6.45) is 1.76. The van der Waals surface area contributed by atoms with Gasteiger partial charge in [0, 0.05) is 32.4 Å². The maximum atomic E-state index is 13.3. The second kappa shape index (κ2) is 10.2. The van der Waals surface area contributed by atoms with E-state index in [1.54, 1.807) is 6.20 Å². The van der Waals surface area contributed by atoms with Crippen molar-refractivity contribution in [3.05, 3.63) is 96.2 Å². The summed E-state index contributed by atoms with van der Waals surface area (Å²) in [5.41, 5.74) is 1.68. The standard InChI is InChI=1S/C27H26N6O2/c1-20-13-14-28-25(19-20)29-24-11-12-26(31-30-24)32-15-17-33(18-16-32)27(34)22-9-5-6-10-23(22)35-21-7-3-2-4-8-21/h2-14,19H,15-18H2,1H3,(H,28,29,30). The molecule has 0 radical (unpaired) electrons. The van der Waals surface area contributed by atoms with Gasteiger partial charge in [-0.05, 0) is 61.0 Å². The van der Waals surface area contributed by atoms with Gasteiger partial charge in [0.05, 0.1) is 5.56 Å². The fourth-order valence-electron chi connectivity index (χ4n) is 3.95. The first kappa shape index (κ1) is 22.3. The van der Waals surface area contributed by atoms with E-state index in [0.717, 1.165) is 17.2 Å². The maximum Gasteiger partial charge on any atom is 0.257 e. The van der Waals surface area contributed by atoms with Gasteiger partial charge in [-0.15, -0.1) is 10.2 Å². The number of ether oxygens (including phenoxy) is 1. The second-order valence-corrected chi connectivity index (χ2v) is 8.31. The van der Waals surface area contributed by atoms with E-state index in [-0.39, 0.29) is 5.91 Å². The van der Waals surface area contributed by atoms with Crippen molar-refractivity contribution < 1.29 is 9.53 Å². The molecule has 0 aliphatic carbocycles. The van der Waals surface area contributed by atoms with E-state index in [4.69, 9.17) is 4.74 Å². The first-order valence-electron chi connectivity index (χ1n) is 11.6. The molecule has 0 spiro atoms. The average Bonchev–Trinajstić information content (AvgIpc) is 2.90. The molecule has 2 aromatic carbocycles. The smallest absolute Gasteiger partial charge is 0.257 e. The number of piperazine rings is 1. The van der Waals surface area contributed by atoms with Crippen LogP contribution in [-0.4, -0.2) is 52.2 Å². The molecule has 0 atom stereocenters. The minimum atomic E-state index is -0.0348. The highest BCUT2D eigenvalue weighted by atomic mass is 16.5. The lowest BCUT2D eigenvalue weighted by atomic mass is 10.1. The third-order valence-electron chi connectivity index (χ3n) is 5.80. The normalized spacial score (nSPS) is 13.4. The van der Waals surface area contributed by atoms with E-state index in [1.165, 1.54) is 0 Å². The average molecular weight is 467 g/mol. The number of carbonyl (C=O) groups is 1. The summed E-state index contributed by atoms with van der Waals surface area (Å²) in [5, 5.41) is 11.8. The molecular weight excluding hydrogens is 440 g/mol. The van der Waals surface area contributed by atoms with Crippen LogP contribution >= 0.6 is 0 Å². The van der Waals surface area contributed by atoms with Gasteiger partial charge in [0.25, 0.3) is 5.91 Å². The molecule has 0 saturated carbocycles. The Morgan fingerprint density at radius 2 is 1.63 bits per heavy atom. The number of benzene rings is 2. The van der Waals surface area contributed by atoms with E-state index >= 15 is 0 Å². The summed E-state index contributed by atoms with van der Waals surface area (Å²) in [7, 11) is 0. The lowest BCUT2D eigenvalue weighted by molar-refractivity contribution is 0.0744. The third kappa shape index (κ3) is 5.38. The minimum Gasteiger partial charge on any atom is -0.457 e. The summed E-state index contributed by atoms with van der Waals surface area (Å²) in [6.45, 7) is 4.55. The molecule has 0 unspecified atom stereocenters. The topological polar surface area (TPSA) is 83.5 Å². The highest BCUT2D eigenvalue weighted by molar-refractivity contribution is 5.97. The van der Waals surface area contributed by atoms with Crippen molar-refractivity contribution in [3.63, 3.8) is 0 Å². The van der Waals surface area contributed by atoms with Crippen LogP contribution in [0.3, 0.4) is 0 Å². The molecule has 8 heteroatoms. The van der Waals surface area contributed by atoms with Gasteiger partial charge in [-0.1, -0.05) is 30.3 Å². The Bertz CT molecular complexity index is 1290. The number of anilines is 3. The second-order valence-electron chi connectivity index (χ2n) is 8.31. The molecule has 8 nitrogen and oxygen atoms in total. The van der Waals surface area contributed by atoms with Gasteiger partial charge >= 0.3 is 0 Å². The quantitative estimate of drug-likeness (QED) is 0.442. The van der Waals surface area contributed by atoms with Crippen molar-refractivity contribution >= 4 is 23.4 Å². The van der Waals surface area contributed by atoms with Crippen LogP contribution in [0.1, 0.15) is 15.9 Å². The molecule has 1 aliphatic rings. The van der Waals surface area contributed by atoms with Crippen LogP contribution in [0.4, 0.5) is 17.5 Å². The molecule has 1 saturated heterocycles. The molecule has 4 aromatic rings. The van der Waals surface area contributed by atoms with Crippen molar-refractivity contribution in [1.82, 2.24) is 20.1 Å². The van der Waals surface area contributed by atoms with Crippen molar-refractivity contribution in [1.29, 1.82) is 0 Å². The van der Waals surface area contributed by atoms with Gasteiger partial charge in [0.1, 0.15) is 17.3 Å². The molecule has 5 rings (SSSR count). The van der Waals surface area contributed by atoms with Gasteiger partial charge in [-0.25, -0.2) is 4.98 Å². The molecule has 1 amide bonds. The molecule has 2 aromatic heterocycles. The predicted molar refractivity (Wildman–Crippen MR) is 135 cm³/mol. The van der Waals surface area contributed by atoms with Gasteiger partial charge in [-0.2, -0.15) is 0 Å². The highest BCUT2D eigenvalue weighted by Gasteiger charge is 2.25. The van der Waals surface area contributed by atoms with Crippen LogP contribution < -0.4 is 15.0 Å². The Balaban J connectivity index is 1.20. The molecular formula is C27H26N6O2. The van der Waals surface area contributed by atoms with Crippen LogP contribution in [0.2, 0.25) is 0 Å². The van der Waals surface area contributed by atoms with E-state index in [1.807, 2.05) is 90.7 Å². The zero-order valence-corrected chi connectivity index (χ0v) is 19.5. The number of aromatic nitrogens is 3. The highest BCUT2D eigenvalue weighted by Crippen LogP contribution is 2.27. The van der Waals surface area contributed by atoms with Gasteiger partial charge < -0.3 is 19.9 Å². The minimum absolute atomic E-state index is 0.0348. The van der Waals surface area contributed by atoms with Crippen molar-refractivity contribution in [2.45, 2.75) is 6.92 Å². The molecule has 35 heavy (non-hydrogen) atoms. The number of rotatable bonds is 6. The Labute approximate surface area is 204 Å². The van der Waals surface area contributed by atoms with Crippen LogP contribution in [0.5, 0.6) is 11.5 Å². The van der Waals surface area contributed by atoms with Crippen LogP contribution in [-0.2, 0) is 0 Å². The number of carbonyl (C=O) groups excluding carboxylic acids is 1. The fourth-order valence-corrected chi connectivity index (χ4v) is 3.95. The number of hydrogen-bond acceptors (Lipinski definition) is 7. The molecule has 1 aliphatic heterocycles. The first-order chi connectivity index (χ1) is 17.2. The Morgan fingerprint density at radius 3 is 2.37 bits per heavy atom. The van der Waals surface area contributed by atoms with E-state index in [2.05, 4.69) is 25.4 Å². The Hall–Kier alpha value is -4.46. The molecule has 1 fully saturated rings. The van der Waals surface area contributed by atoms with E-state index in [0.29, 0.717) is 49.1 Å². The monoisotopic (exact) mass is 466 g/mol. The van der Waals surface area contributed by atoms with Gasteiger partial charge in [0.2, 0.25) is 0 Å². The number of nitrogens with one attached hydrogen (secondary N) is 1. The molecule has 0 bridgehead atoms. The van der Waals surface area contributed by atoms with Gasteiger partial charge in [-0.3, -0.25) is 4.79 Å². The third-order valence-corrected chi connectivity index (χ3v) is 5.80. The number of nitrogens with zero attached hydrogens (tertiary/aromatic N) is 5. The Kier molecular flexibility index (Phi) is 6.52. The van der Waals surface area contributed by atoms with Gasteiger partial charge in [0.15, 0.2) is 11.6 Å². The summed E-state index contributed by atoms with van der Waals surface area (Å²) in [4.78, 5) is 21.6. The van der Waals surface area contributed by atoms with E-state index < -0.39 is 0 Å². The summed E-state index contributed by atoms with van der Waals surface area (Å²) < 4.78 is 5.99. The number of pyridine rings is 1. The molecule has 176 valence electrons. The number of hydrogen-bond donors (Lipinski definition) is 1. The molecule has 1 N–H and O–H groups in total. The zero-order valence-electron chi connectivity index (χ0n) is 19.5. The Morgan fingerprint density at radius 1 is 0.857 bits per heavy atom. The summed E-state index contributed by atoms with van der Waals surface area (Å²) in [5.74, 6) is 3.38. The van der Waals surface area contributed by atoms with Crippen molar-refractivity contribution in [3.8, 4) is 11.5 Å². The number of amides is 1. The van der Waals surface area contributed by atoms with Crippen molar-refractivity contribution in [2.24, 2.45) is 0 Å². The fraction of sp³-hybridized carbons (Fsp3) is 0.185. The maximum absolute atomic E-state index is 13.3. The zero-order chi connectivity index (χ0) is 24.0. The van der Waals surface area contributed by atoms with Crippen molar-refractivity contribution in [2.75, 3.05) is 36.4 Å². The lowest BCUT2D eigenvalue weighted by Crippen LogP contribution is -2.49. The predicted octanol–water partition coefficient (Wildman–Crippen LogP) is 4.68. The van der Waals surface area contributed by atoms with Crippen LogP contribution in [0.15, 0.2) is 85.1 Å². The van der Waals surface area contributed by atoms with Crippen LogP contribution in [0.25, 0.3) is 0 Å². The molecule has 3 heterocycles. The largest absolute Gasteiger partial charge is 0.457 e. The summed E-state index contributed by atoms with van der Waals surface area (Å²) >= 11 is 0. The van der Waals surface area contributed by atoms with E-state index in [9.17, 15) is 4.79 Å².